The van der Waals surface area contributed by atoms with Crippen molar-refractivity contribution in [1.29, 1.82) is 0 Å². The van der Waals surface area contributed by atoms with Crippen molar-refractivity contribution in [2.45, 2.75) is 51.8 Å². The van der Waals surface area contributed by atoms with E-state index in [0.717, 1.165) is 0 Å². The van der Waals surface area contributed by atoms with Gasteiger partial charge in [0.2, 0.25) is 0 Å². The standard InChI is InChI=1S/C10H20N2O2/c1-7(2)11-9(14)12-6-5-8(13)10(12,3)4/h7-8,13H,5-6H2,1-4H3,(H,11,14). The van der Waals surface area contributed by atoms with E-state index in [1.165, 1.54) is 0 Å². The molecule has 0 aromatic rings. The molecule has 0 aliphatic carbocycles. The van der Waals surface area contributed by atoms with E-state index in [-0.39, 0.29) is 12.1 Å². The zero-order chi connectivity index (χ0) is 10.9. The first-order chi connectivity index (χ1) is 6.35. The lowest BCUT2D eigenvalue weighted by atomic mass is 9.99. The van der Waals surface area contributed by atoms with Crippen LogP contribution < -0.4 is 5.32 Å². The Kier molecular flexibility index (Phi) is 3.04. The molecular weight excluding hydrogens is 180 g/mol. The van der Waals surface area contributed by atoms with E-state index in [4.69, 9.17) is 0 Å². The summed E-state index contributed by atoms with van der Waals surface area (Å²) < 4.78 is 0. The topological polar surface area (TPSA) is 52.6 Å². The third-order valence-electron chi connectivity index (χ3n) is 2.79. The van der Waals surface area contributed by atoms with Crippen molar-refractivity contribution in [3.63, 3.8) is 0 Å². The largest absolute Gasteiger partial charge is 0.391 e. The highest BCUT2D eigenvalue weighted by Gasteiger charge is 2.42. The Hall–Kier alpha value is -0.770. The molecule has 0 saturated carbocycles. The molecule has 0 bridgehead atoms. The van der Waals surface area contributed by atoms with Crippen LogP contribution in [-0.4, -0.2) is 40.3 Å². The molecule has 1 aliphatic rings. The number of urea groups is 1. The van der Waals surface area contributed by atoms with Crippen LogP contribution in [-0.2, 0) is 0 Å². The molecule has 0 aromatic heterocycles. The van der Waals surface area contributed by atoms with E-state index in [1.807, 2.05) is 27.7 Å². The lowest BCUT2D eigenvalue weighted by Gasteiger charge is -2.34. The molecule has 2 N–H and O–H groups in total. The Bertz CT molecular complexity index is 226. The van der Waals surface area contributed by atoms with Crippen molar-refractivity contribution in [1.82, 2.24) is 10.2 Å². The van der Waals surface area contributed by atoms with Crippen LogP contribution in [0, 0.1) is 0 Å². The summed E-state index contributed by atoms with van der Waals surface area (Å²) in [7, 11) is 0. The number of hydrogen-bond acceptors (Lipinski definition) is 2. The summed E-state index contributed by atoms with van der Waals surface area (Å²) in [5.41, 5.74) is -0.445. The van der Waals surface area contributed by atoms with Gasteiger partial charge in [-0.25, -0.2) is 4.79 Å². The highest BCUT2D eigenvalue weighted by molar-refractivity contribution is 5.75. The second kappa shape index (κ2) is 3.77. The monoisotopic (exact) mass is 200 g/mol. The number of hydrogen-bond donors (Lipinski definition) is 2. The molecule has 1 saturated heterocycles. The van der Waals surface area contributed by atoms with E-state index in [1.54, 1.807) is 4.90 Å². The lowest BCUT2D eigenvalue weighted by Crippen LogP contribution is -2.53. The third kappa shape index (κ3) is 2.00. The number of aliphatic hydroxyl groups excluding tert-OH is 1. The summed E-state index contributed by atoms with van der Waals surface area (Å²) >= 11 is 0. The van der Waals surface area contributed by atoms with E-state index >= 15 is 0 Å². The van der Waals surface area contributed by atoms with Crippen LogP contribution >= 0.6 is 0 Å². The first-order valence-corrected chi connectivity index (χ1v) is 5.12. The normalized spacial score (nSPS) is 25.6. The van der Waals surface area contributed by atoms with Gasteiger partial charge in [-0.1, -0.05) is 0 Å². The molecule has 82 valence electrons. The number of carbonyl (C=O) groups excluding carboxylic acids is 1. The summed E-state index contributed by atoms with van der Waals surface area (Å²) in [5, 5.41) is 12.5. The van der Waals surface area contributed by atoms with Crippen molar-refractivity contribution >= 4 is 6.03 Å². The number of likely N-dealkylation sites (tertiary alicyclic amines) is 1. The first-order valence-electron chi connectivity index (χ1n) is 5.12. The van der Waals surface area contributed by atoms with E-state index in [0.29, 0.717) is 13.0 Å². The van der Waals surface area contributed by atoms with Gasteiger partial charge in [-0.2, -0.15) is 0 Å². The third-order valence-corrected chi connectivity index (χ3v) is 2.79. The van der Waals surface area contributed by atoms with Gasteiger partial charge in [-0.05, 0) is 34.1 Å². The molecule has 0 aromatic carbocycles. The van der Waals surface area contributed by atoms with E-state index in [9.17, 15) is 9.90 Å². The van der Waals surface area contributed by atoms with Gasteiger partial charge in [0.05, 0.1) is 11.6 Å². The Morgan fingerprint density at radius 1 is 1.57 bits per heavy atom. The molecule has 1 atom stereocenters. The van der Waals surface area contributed by atoms with Gasteiger partial charge in [0.25, 0.3) is 0 Å². The van der Waals surface area contributed by atoms with Crippen LogP contribution in [0.2, 0.25) is 0 Å². The van der Waals surface area contributed by atoms with Crippen LogP contribution in [0.3, 0.4) is 0 Å². The van der Waals surface area contributed by atoms with Crippen LogP contribution in [0.5, 0.6) is 0 Å². The van der Waals surface area contributed by atoms with E-state index in [2.05, 4.69) is 5.32 Å². The van der Waals surface area contributed by atoms with Gasteiger partial charge in [0.15, 0.2) is 0 Å². The summed E-state index contributed by atoms with van der Waals surface area (Å²) in [6.45, 7) is 8.27. The molecule has 1 rings (SSSR count). The van der Waals surface area contributed by atoms with Gasteiger partial charge in [0, 0.05) is 12.6 Å². The van der Waals surface area contributed by atoms with Crippen LogP contribution in [0.1, 0.15) is 34.1 Å². The second-order valence-electron chi connectivity index (χ2n) is 4.71. The maximum absolute atomic E-state index is 11.7. The molecule has 4 heteroatoms. The fourth-order valence-electron chi connectivity index (χ4n) is 1.76. The van der Waals surface area contributed by atoms with Gasteiger partial charge in [0.1, 0.15) is 0 Å². The average molecular weight is 200 g/mol. The minimum atomic E-state index is -0.445. The minimum Gasteiger partial charge on any atom is -0.391 e. The van der Waals surface area contributed by atoms with Crippen molar-refractivity contribution < 1.29 is 9.90 Å². The summed E-state index contributed by atoms with van der Waals surface area (Å²) in [6.07, 6.45) is 0.249. The number of carbonyl (C=O) groups is 1. The summed E-state index contributed by atoms with van der Waals surface area (Å²) in [6, 6.07) is 0.0533. The molecule has 0 spiro atoms. The fourth-order valence-corrected chi connectivity index (χ4v) is 1.76. The highest BCUT2D eigenvalue weighted by Crippen LogP contribution is 2.28. The van der Waals surface area contributed by atoms with Crippen molar-refractivity contribution in [2.75, 3.05) is 6.54 Å². The smallest absolute Gasteiger partial charge is 0.318 e. The van der Waals surface area contributed by atoms with Gasteiger partial charge in [-0.3, -0.25) is 0 Å². The first kappa shape index (κ1) is 11.3. The predicted octanol–water partition coefficient (Wildman–Crippen LogP) is 0.950. The predicted molar refractivity (Wildman–Crippen MR) is 55.1 cm³/mol. The molecule has 1 aliphatic heterocycles. The molecule has 1 fully saturated rings. The van der Waals surface area contributed by atoms with E-state index < -0.39 is 11.6 Å². The van der Waals surface area contributed by atoms with Crippen LogP contribution in [0.25, 0.3) is 0 Å². The molecular formula is C10H20N2O2. The van der Waals surface area contributed by atoms with Crippen molar-refractivity contribution in [2.24, 2.45) is 0 Å². The number of nitrogens with zero attached hydrogens (tertiary/aromatic N) is 1. The summed E-state index contributed by atoms with van der Waals surface area (Å²) in [4.78, 5) is 13.4. The zero-order valence-corrected chi connectivity index (χ0v) is 9.37. The van der Waals surface area contributed by atoms with Crippen LogP contribution in [0.4, 0.5) is 4.79 Å². The lowest BCUT2D eigenvalue weighted by molar-refractivity contribution is 0.0692. The maximum Gasteiger partial charge on any atom is 0.318 e. The average Bonchev–Trinajstić information content (AvgIpc) is 2.26. The molecule has 4 nitrogen and oxygen atoms in total. The molecule has 0 radical (unpaired) electrons. The molecule has 14 heavy (non-hydrogen) atoms. The highest BCUT2D eigenvalue weighted by atomic mass is 16.3. The second-order valence-corrected chi connectivity index (χ2v) is 4.71. The Morgan fingerprint density at radius 3 is 2.50 bits per heavy atom. The minimum absolute atomic E-state index is 0.0819. The van der Waals surface area contributed by atoms with Gasteiger partial charge >= 0.3 is 6.03 Å². The fraction of sp³-hybridized carbons (Fsp3) is 0.900. The number of amides is 2. The summed E-state index contributed by atoms with van der Waals surface area (Å²) in [5.74, 6) is 0. The number of aliphatic hydroxyl groups is 1. The Labute approximate surface area is 85.3 Å². The Balaban J connectivity index is 2.65. The molecule has 1 unspecified atom stereocenters. The van der Waals surface area contributed by atoms with Crippen LogP contribution in [0.15, 0.2) is 0 Å². The molecule has 1 heterocycles. The zero-order valence-electron chi connectivity index (χ0n) is 9.37. The molecule has 2 amide bonds. The number of rotatable bonds is 1. The number of nitrogens with one attached hydrogen (secondary N) is 1. The maximum atomic E-state index is 11.7. The van der Waals surface area contributed by atoms with Crippen molar-refractivity contribution in [3.05, 3.63) is 0 Å². The van der Waals surface area contributed by atoms with Gasteiger partial charge < -0.3 is 15.3 Å². The Morgan fingerprint density at radius 2 is 2.14 bits per heavy atom. The quantitative estimate of drug-likeness (QED) is 0.662. The SMILES string of the molecule is CC(C)NC(=O)N1CCC(O)C1(C)C. The van der Waals surface area contributed by atoms with Crippen molar-refractivity contribution in [3.8, 4) is 0 Å². The van der Waals surface area contributed by atoms with Gasteiger partial charge in [-0.15, -0.1) is 0 Å².